The molecule has 1 aliphatic rings. The van der Waals surface area contributed by atoms with Gasteiger partial charge in [0, 0.05) is 6.42 Å². The van der Waals surface area contributed by atoms with E-state index in [4.69, 9.17) is 9.47 Å². The molecule has 1 heterocycles. The molecule has 20 heavy (non-hydrogen) atoms. The summed E-state index contributed by atoms with van der Waals surface area (Å²) in [5, 5.41) is 5.35. The largest absolute Gasteiger partial charge is 0.497 e. The Labute approximate surface area is 117 Å². The minimum atomic E-state index is -0.400. The molecule has 1 aromatic carbocycles. The molecule has 6 nitrogen and oxygen atoms in total. The van der Waals surface area contributed by atoms with Crippen LogP contribution in [0.1, 0.15) is 12.8 Å². The van der Waals surface area contributed by atoms with Crippen LogP contribution in [0.2, 0.25) is 0 Å². The van der Waals surface area contributed by atoms with Crippen LogP contribution < -0.4 is 20.1 Å². The number of ether oxygens (including phenoxy) is 2. The number of carbonyl (C=O) groups excluding carboxylic acids is 2. The molecule has 2 rings (SSSR count). The average molecular weight is 278 g/mol. The lowest BCUT2D eigenvalue weighted by Gasteiger charge is -2.11. The van der Waals surface area contributed by atoms with E-state index in [-0.39, 0.29) is 11.8 Å². The Morgan fingerprint density at radius 1 is 1.35 bits per heavy atom. The van der Waals surface area contributed by atoms with Crippen LogP contribution in [-0.4, -0.2) is 38.1 Å². The zero-order valence-electron chi connectivity index (χ0n) is 11.3. The van der Waals surface area contributed by atoms with Crippen molar-refractivity contribution in [2.24, 2.45) is 0 Å². The Morgan fingerprint density at radius 3 is 2.65 bits per heavy atom. The van der Waals surface area contributed by atoms with Gasteiger partial charge in [-0.05, 0) is 30.7 Å². The fourth-order valence-electron chi connectivity index (χ4n) is 1.95. The molecule has 0 aliphatic carbocycles. The van der Waals surface area contributed by atoms with E-state index < -0.39 is 6.04 Å². The van der Waals surface area contributed by atoms with Crippen LogP contribution in [0.4, 0.5) is 0 Å². The van der Waals surface area contributed by atoms with Crippen LogP contribution in [0.15, 0.2) is 24.3 Å². The predicted octanol–water partition coefficient (Wildman–Crippen LogP) is 0.469. The summed E-state index contributed by atoms with van der Waals surface area (Å²) in [5.74, 6) is 1.26. The van der Waals surface area contributed by atoms with E-state index in [0.717, 1.165) is 5.75 Å². The molecule has 2 amide bonds. The Kier molecular flexibility index (Phi) is 4.81. The number of amides is 2. The smallest absolute Gasteiger partial charge is 0.242 e. The first-order valence-corrected chi connectivity index (χ1v) is 6.53. The molecule has 0 radical (unpaired) electrons. The third-order valence-electron chi connectivity index (χ3n) is 3.04. The zero-order valence-corrected chi connectivity index (χ0v) is 11.3. The maximum atomic E-state index is 11.7. The summed E-state index contributed by atoms with van der Waals surface area (Å²) in [6.07, 6.45) is 0.977. The Morgan fingerprint density at radius 2 is 2.05 bits per heavy atom. The van der Waals surface area contributed by atoms with Crippen molar-refractivity contribution < 1.29 is 19.1 Å². The van der Waals surface area contributed by atoms with Crippen molar-refractivity contribution in [3.63, 3.8) is 0 Å². The van der Waals surface area contributed by atoms with Gasteiger partial charge in [0.25, 0.3) is 0 Å². The number of carbonyl (C=O) groups is 2. The number of nitrogens with one attached hydrogen (secondary N) is 2. The third kappa shape index (κ3) is 3.88. The lowest BCUT2D eigenvalue weighted by atomic mass is 10.2. The maximum absolute atomic E-state index is 11.7. The lowest BCUT2D eigenvalue weighted by Crippen LogP contribution is -2.42. The second-order valence-electron chi connectivity index (χ2n) is 4.47. The second-order valence-corrected chi connectivity index (χ2v) is 4.47. The minimum absolute atomic E-state index is 0.0698. The van der Waals surface area contributed by atoms with E-state index in [0.29, 0.717) is 31.7 Å². The Bertz CT molecular complexity index is 473. The SMILES string of the molecule is COc1ccc(OCCNC(=O)C2CCC(=O)N2)cc1. The molecule has 0 spiro atoms. The van der Waals surface area contributed by atoms with E-state index in [9.17, 15) is 9.59 Å². The van der Waals surface area contributed by atoms with Crippen molar-refractivity contribution >= 4 is 11.8 Å². The monoisotopic (exact) mass is 278 g/mol. The molecule has 2 N–H and O–H groups in total. The topological polar surface area (TPSA) is 76.7 Å². The van der Waals surface area contributed by atoms with E-state index in [2.05, 4.69) is 10.6 Å². The molecule has 1 atom stereocenters. The standard InChI is InChI=1S/C14H18N2O4/c1-19-10-2-4-11(5-3-10)20-9-8-15-14(18)12-6-7-13(17)16-12/h2-5,12H,6-9H2,1H3,(H,15,18)(H,16,17). The van der Waals surface area contributed by atoms with Crippen molar-refractivity contribution in [2.75, 3.05) is 20.3 Å². The van der Waals surface area contributed by atoms with Gasteiger partial charge >= 0.3 is 0 Å². The Balaban J connectivity index is 1.65. The second kappa shape index (κ2) is 6.79. The summed E-state index contributed by atoms with van der Waals surface area (Å²) >= 11 is 0. The van der Waals surface area contributed by atoms with Crippen LogP contribution in [0.5, 0.6) is 11.5 Å². The molecule has 1 aliphatic heterocycles. The summed E-state index contributed by atoms with van der Waals surface area (Å²) in [5.41, 5.74) is 0. The van der Waals surface area contributed by atoms with Gasteiger partial charge in [0.1, 0.15) is 24.1 Å². The number of methoxy groups -OCH3 is 1. The van der Waals surface area contributed by atoms with Crippen LogP contribution in [-0.2, 0) is 9.59 Å². The lowest BCUT2D eigenvalue weighted by molar-refractivity contribution is -0.125. The predicted molar refractivity (Wildman–Crippen MR) is 72.7 cm³/mol. The summed E-state index contributed by atoms with van der Waals surface area (Å²) in [6, 6.07) is 6.82. The van der Waals surface area contributed by atoms with Gasteiger partial charge in [-0.2, -0.15) is 0 Å². The normalized spacial score (nSPS) is 17.4. The first-order chi connectivity index (χ1) is 9.69. The molecule has 1 aromatic rings. The molecule has 108 valence electrons. The maximum Gasteiger partial charge on any atom is 0.242 e. The molecule has 0 bridgehead atoms. The number of benzene rings is 1. The molecule has 0 aromatic heterocycles. The number of rotatable bonds is 6. The van der Waals surface area contributed by atoms with E-state index in [1.165, 1.54) is 0 Å². The first-order valence-electron chi connectivity index (χ1n) is 6.53. The van der Waals surface area contributed by atoms with Gasteiger partial charge in [0.15, 0.2) is 0 Å². The van der Waals surface area contributed by atoms with Gasteiger partial charge in [0.2, 0.25) is 11.8 Å². The van der Waals surface area contributed by atoms with Crippen molar-refractivity contribution in [3.8, 4) is 11.5 Å². The molecule has 0 saturated carbocycles. The van der Waals surface area contributed by atoms with Gasteiger partial charge in [-0.1, -0.05) is 0 Å². The van der Waals surface area contributed by atoms with E-state index in [1.807, 2.05) is 12.1 Å². The third-order valence-corrected chi connectivity index (χ3v) is 3.04. The average Bonchev–Trinajstić information content (AvgIpc) is 2.91. The summed E-state index contributed by atoms with van der Waals surface area (Å²) in [7, 11) is 1.60. The van der Waals surface area contributed by atoms with E-state index >= 15 is 0 Å². The van der Waals surface area contributed by atoms with Crippen molar-refractivity contribution in [1.29, 1.82) is 0 Å². The highest BCUT2D eigenvalue weighted by Crippen LogP contribution is 2.16. The highest BCUT2D eigenvalue weighted by molar-refractivity contribution is 5.90. The summed E-state index contributed by atoms with van der Waals surface area (Å²) < 4.78 is 10.5. The van der Waals surface area contributed by atoms with Gasteiger partial charge in [-0.15, -0.1) is 0 Å². The Hall–Kier alpha value is -2.24. The molecule has 1 saturated heterocycles. The number of hydrogen-bond acceptors (Lipinski definition) is 4. The molecule has 1 unspecified atom stereocenters. The molecule has 6 heteroatoms. The summed E-state index contributed by atoms with van der Waals surface area (Å²) in [6.45, 7) is 0.774. The quantitative estimate of drug-likeness (QED) is 0.742. The van der Waals surface area contributed by atoms with Gasteiger partial charge < -0.3 is 20.1 Å². The van der Waals surface area contributed by atoms with Crippen LogP contribution in [0, 0.1) is 0 Å². The fraction of sp³-hybridized carbons (Fsp3) is 0.429. The van der Waals surface area contributed by atoms with Crippen LogP contribution in [0.25, 0.3) is 0 Å². The first kappa shape index (κ1) is 14.2. The number of hydrogen-bond donors (Lipinski definition) is 2. The van der Waals surface area contributed by atoms with Gasteiger partial charge in [-0.3, -0.25) is 9.59 Å². The van der Waals surface area contributed by atoms with Gasteiger partial charge in [0.05, 0.1) is 13.7 Å². The highest BCUT2D eigenvalue weighted by Gasteiger charge is 2.26. The zero-order chi connectivity index (χ0) is 14.4. The van der Waals surface area contributed by atoms with E-state index in [1.54, 1.807) is 19.2 Å². The minimum Gasteiger partial charge on any atom is -0.497 e. The molecular weight excluding hydrogens is 260 g/mol. The summed E-state index contributed by atoms with van der Waals surface area (Å²) in [4.78, 5) is 22.7. The van der Waals surface area contributed by atoms with Gasteiger partial charge in [-0.25, -0.2) is 0 Å². The van der Waals surface area contributed by atoms with Crippen molar-refractivity contribution in [3.05, 3.63) is 24.3 Å². The van der Waals surface area contributed by atoms with Crippen LogP contribution in [0.3, 0.4) is 0 Å². The van der Waals surface area contributed by atoms with Crippen molar-refractivity contribution in [2.45, 2.75) is 18.9 Å². The van der Waals surface area contributed by atoms with Crippen LogP contribution >= 0.6 is 0 Å². The van der Waals surface area contributed by atoms with Crippen molar-refractivity contribution in [1.82, 2.24) is 10.6 Å². The molecule has 1 fully saturated rings. The fourth-order valence-corrected chi connectivity index (χ4v) is 1.95. The highest BCUT2D eigenvalue weighted by atomic mass is 16.5. The molecular formula is C14H18N2O4.